The molecule has 0 aliphatic rings. The lowest BCUT2D eigenvalue weighted by Crippen LogP contribution is -1.74. The standard InChI is InChI=1S/CH3FINS/c1-5-4(2)3/h1H3. The Bertz CT molecular complexity index is 25.6. The van der Waals surface area contributed by atoms with Crippen LogP contribution in [0.1, 0.15) is 0 Å². The van der Waals surface area contributed by atoms with Crippen LogP contribution in [-0.2, 0) is 0 Å². The quantitative estimate of drug-likeness (QED) is 0.366. The maximum absolute atomic E-state index is 11.2. The Kier molecular flexibility index (Phi) is 3.79. The molecular formula is CH3FINS. The van der Waals surface area contributed by atoms with E-state index >= 15 is 0 Å². The first-order chi connectivity index (χ1) is 2.27. The molecule has 32 valence electrons. The molecular weight excluding hydrogens is 204 g/mol. The molecule has 0 heterocycles. The minimum Gasteiger partial charge on any atom is -0.112 e. The van der Waals surface area contributed by atoms with Crippen LogP contribution in [0.2, 0.25) is 0 Å². The van der Waals surface area contributed by atoms with Gasteiger partial charge >= 0.3 is 0 Å². The molecule has 0 unspecified atom stereocenters. The molecule has 0 fully saturated rings. The summed E-state index contributed by atoms with van der Waals surface area (Å²) in [4.78, 5) is 0. The third kappa shape index (κ3) is 4.97. The van der Waals surface area contributed by atoms with Crippen molar-refractivity contribution in [3.63, 3.8) is 0 Å². The van der Waals surface area contributed by atoms with E-state index in [9.17, 15) is 4.48 Å². The second-order valence-corrected chi connectivity index (χ2v) is 2.57. The lowest BCUT2D eigenvalue weighted by molar-refractivity contribution is 0.332. The average molecular weight is 207 g/mol. The molecule has 0 aromatic heterocycles. The number of rotatable bonds is 1. The van der Waals surface area contributed by atoms with Gasteiger partial charge in [-0.25, -0.2) is 0 Å². The summed E-state index contributed by atoms with van der Waals surface area (Å²) in [6.45, 7) is 0. The predicted molar refractivity (Wildman–Crippen MR) is 30.5 cm³/mol. The summed E-state index contributed by atoms with van der Waals surface area (Å²) in [6.07, 6.45) is 1.66. The topological polar surface area (TPSA) is 3.24 Å². The first-order valence-electron chi connectivity index (χ1n) is 0.929. The van der Waals surface area contributed by atoms with E-state index in [1.165, 1.54) is 22.9 Å². The lowest BCUT2D eigenvalue weighted by atomic mass is 12.0. The maximum Gasteiger partial charge on any atom is 0.0708 e. The molecule has 0 amide bonds. The Morgan fingerprint density at radius 3 is 2.20 bits per heavy atom. The molecule has 0 aromatic carbocycles. The van der Waals surface area contributed by atoms with Gasteiger partial charge in [-0.1, -0.05) is 0 Å². The van der Waals surface area contributed by atoms with Crippen molar-refractivity contribution >= 4 is 34.8 Å². The van der Waals surface area contributed by atoms with Crippen LogP contribution >= 0.6 is 34.8 Å². The fraction of sp³-hybridized carbons (Fsp3) is 1.00. The smallest absolute Gasteiger partial charge is 0.0708 e. The maximum atomic E-state index is 11.2. The fourth-order valence-electron chi connectivity index (χ4n) is 0. The Balaban J connectivity index is 2.54. The zero-order valence-electron chi connectivity index (χ0n) is 2.61. The van der Waals surface area contributed by atoms with Crippen molar-refractivity contribution in [2.75, 3.05) is 6.26 Å². The Morgan fingerprint density at radius 1 is 2.00 bits per heavy atom. The van der Waals surface area contributed by atoms with Crippen LogP contribution in [0.25, 0.3) is 0 Å². The van der Waals surface area contributed by atoms with E-state index in [1.807, 2.05) is 0 Å². The van der Waals surface area contributed by atoms with Gasteiger partial charge in [0.25, 0.3) is 0 Å². The van der Waals surface area contributed by atoms with E-state index in [-0.39, 0.29) is 0 Å². The van der Waals surface area contributed by atoms with Gasteiger partial charge in [-0.3, -0.25) is 0 Å². The minimum atomic E-state index is 0.512. The van der Waals surface area contributed by atoms with Crippen molar-refractivity contribution in [3.05, 3.63) is 0 Å². The molecule has 0 saturated carbocycles. The van der Waals surface area contributed by atoms with Gasteiger partial charge in [0.15, 0.2) is 0 Å². The van der Waals surface area contributed by atoms with Gasteiger partial charge in [0, 0.05) is 0 Å². The molecule has 5 heavy (non-hydrogen) atoms. The molecule has 0 spiro atoms. The summed E-state index contributed by atoms with van der Waals surface area (Å²) in [5, 5.41) is 0. The average Bonchev–Trinajstić information content (AvgIpc) is 1.38. The summed E-state index contributed by atoms with van der Waals surface area (Å²) >= 11 is 2.57. The number of hydrogen-bond donors (Lipinski definition) is 0. The molecule has 0 atom stereocenters. The molecule has 0 aromatic rings. The van der Waals surface area contributed by atoms with E-state index in [0.29, 0.717) is 2.74 Å². The largest absolute Gasteiger partial charge is 0.112 e. The monoisotopic (exact) mass is 207 g/mol. The first kappa shape index (κ1) is 5.97. The van der Waals surface area contributed by atoms with Gasteiger partial charge in [-0.15, -0.1) is 4.48 Å². The predicted octanol–water partition coefficient (Wildman–Crippen LogP) is 1.80. The van der Waals surface area contributed by atoms with Crippen LogP contribution < -0.4 is 0 Å². The minimum absolute atomic E-state index is 0.512. The highest BCUT2D eigenvalue weighted by Crippen LogP contribution is 2.10. The van der Waals surface area contributed by atoms with Crippen molar-refractivity contribution in [1.82, 2.24) is 2.74 Å². The van der Waals surface area contributed by atoms with Gasteiger partial charge < -0.3 is 0 Å². The summed E-state index contributed by atoms with van der Waals surface area (Å²) in [5.74, 6) is 0. The van der Waals surface area contributed by atoms with E-state index in [1.54, 1.807) is 6.26 Å². The first-order valence-corrected chi connectivity index (χ1v) is 3.08. The Hall–Kier alpha value is 0.970. The van der Waals surface area contributed by atoms with Crippen LogP contribution in [0.15, 0.2) is 0 Å². The van der Waals surface area contributed by atoms with Crippen molar-refractivity contribution < 1.29 is 4.48 Å². The summed E-state index contributed by atoms with van der Waals surface area (Å²) < 4.78 is 11.7. The molecule has 0 saturated heterocycles. The number of nitrogens with zero attached hydrogens (tertiary/aromatic N) is 1. The third-order valence-corrected chi connectivity index (χ3v) is 1.60. The van der Waals surface area contributed by atoms with Crippen molar-refractivity contribution in [1.29, 1.82) is 0 Å². The highest BCUT2D eigenvalue weighted by molar-refractivity contribution is 14.1. The Morgan fingerprint density at radius 2 is 2.20 bits per heavy atom. The van der Waals surface area contributed by atoms with Crippen LogP contribution in [0.3, 0.4) is 0 Å². The fourth-order valence-corrected chi connectivity index (χ4v) is 0. The number of hydrogen-bond acceptors (Lipinski definition) is 2. The van der Waals surface area contributed by atoms with Crippen molar-refractivity contribution in [3.8, 4) is 0 Å². The SMILES string of the molecule is CSN(F)I. The highest BCUT2D eigenvalue weighted by Gasteiger charge is 1.82. The molecule has 0 aliphatic carbocycles. The van der Waals surface area contributed by atoms with Crippen LogP contribution in [0.4, 0.5) is 4.48 Å². The van der Waals surface area contributed by atoms with Gasteiger partial charge in [-0.05, 0) is 20.9 Å². The van der Waals surface area contributed by atoms with E-state index in [4.69, 9.17) is 0 Å². The summed E-state index contributed by atoms with van der Waals surface area (Å²) in [6, 6.07) is 0. The van der Waals surface area contributed by atoms with Gasteiger partial charge in [-0.2, -0.15) is 0 Å². The van der Waals surface area contributed by atoms with E-state index in [0.717, 1.165) is 11.9 Å². The van der Waals surface area contributed by atoms with E-state index in [2.05, 4.69) is 0 Å². The van der Waals surface area contributed by atoms with Gasteiger partial charge in [0.2, 0.25) is 0 Å². The normalized spacial score (nSPS) is 9.60. The van der Waals surface area contributed by atoms with Gasteiger partial charge in [0.1, 0.15) is 0 Å². The molecule has 0 N–H and O–H groups in total. The van der Waals surface area contributed by atoms with Crippen molar-refractivity contribution in [2.24, 2.45) is 0 Å². The zero-order valence-corrected chi connectivity index (χ0v) is 5.59. The third-order valence-electron chi connectivity index (χ3n) is 0.138. The number of halogens is 2. The van der Waals surface area contributed by atoms with Crippen LogP contribution in [0, 0.1) is 0 Å². The second kappa shape index (κ2) is 3.17. The van der Waals surface area contributed by atoms with Crippen molar-refractivity contribution in [2.45, 2.75) is 0 Å². The molecule has 4 heteroatoms. The van der Waals surface area contributed by atoms with Crippen LogP contribution in [0.5, 0.6) is 0 Å². The second-order valence-electron chi connectivity index (χ2n) is 0.384. The molecule has 0 radical (unpaired) electrons. The highest BCUT2D eigenvalue weighted by atomic mass is 127. The summed E-state index contributed by atoms with van der Waals surface area (Å²) in [5.41, 5.74) is 0. The molecule has 0 aliphatic heterocycles. The molecule has 0 rings (SSSR count). The van der Waals surface area contributed by atoms with E-state index < -0.39 is 0 Å². The lowest BCUT2D eigenvalue weighted by Gasteiger charge is -1.87. The zero-order chi connectivity index (χ0) is 4.28. The van der Waals surface area contributed by atoms with Crippen LogP contribution in [-0.4, -0.2) is 9.00 Å². The molecule has 0 bridgehead atoms. The molecule has 1 nitrogen and oxygen atoms in total. The van der Waals surface area contributed by atoms with Gasteiger partial charge in [0.05, 0.1) is 22.9 Å². The summed E-state index contributed by atoms with van der Waals surface area (Å²) in [7, 11) is 0. The Labute approximate surface area is 48.5 Å².